The zero-order valence-corrected chi connectivity index (χ0v) is 15.4. The van der Waals surface area contributed by atoms with Crippen molar-refractivity contribution < 1.29 is 4.79 Å². The molecule has 1 fully saturated rings. The SMILES string of the molecule is CC1CCc2ccccc2N1CCC(=O)N1CCC(c2ncn[nH]2)CC1. The number of hydrogen-bond acceptors (Lipinski definition) is 4. The number of aryl methyl sites for hydroxylation is 1. The van der Waals surface area contributed by atoms with E-state index in [9.17, 15) is 4.79 Å². The number of fused-ring (bicyclic) bond motifs is 1. The summed E-state index contributed by atoms with van der Waals surface area (Å²) in [6.45, 7) is 4.70. The minimum atomic E-state index is 0.274. The molecule has 1 aromatic carbocycles. The first kappa shape index (κ1) is 17.1. The number of nitrogens with one attached hydrogen (secondary N) is 1. The second-order valence-electron chi connectivity index (χ2n) is 7.49. The highest BCUT2D eigenvalue weighted by molar-refractivity contribution is 5.77. The number of nitrogens with zero attached hydrogens (tertiary/aromatic N) is 4. The maximum Gasteiger partial charge on any atom is 0.224 e. The highest BCUT2D eigenvalue weighted by Crippen LogP contribution is 2.31. The van der Waals surface area contributed by atoms with Gasteiger partial charge in [-0.05, 0) is 44.2 Å². The number of para-hydroxylation sites is 1. The van der Waals surface area contributed by atoms with Gasteiger partial charge in [-0.1, -0.05) is 18.2 Å². The number of hydrogen-bond donors (Lipinski definition) is 1. The maximum absolute atomic E-state index is 12.7. The van der Waals surface area contributed by atoms with Gasteiger partial charge < -0.3 is 9.80 Å². The molecule has 138 valence electrons. The molecule has 0 aliphatic carbocycles. The number of carbonyl (C=O) groups excluding carboxylic acids is 1. The molecule has 1 N–H and O–H groups in total. The van der Waals surface area contributed by atoms with E-state index in [4.69, 9.17) is 0 Å². The van der Waals surface area contributed by atoms with Gasteiger partial charge in [0.15, 0.2) is 0 Å². The topological polar surface area (TPSA) is 65.1 Å². The summed E-state index contributed by atoms with van der Waals surface area (Å²) in [7, 11) is 0. The van der Waals surface area contributed by atoms with Crippen molar-refractivity contribution in [3.8, 4) is 0 Å². The standard InChI is InChI=1S/C20H27N5O/c1-15-6-7-16-4-2-3-5-18(16)25(15)13-10-19(26)24-11-8-17(9-12-24)20-21-14-22-23-20/h2-5,14-15,17H,6-13H2,1H3,(H,21,22,23). The van der Waals surface area contributed by atoms with Gasteiger partial charge >= 0.3 is 0 Å². The molecule has 26 heavy (non-hydrogen) atoms. The molecule has 0 bridgehead atoms. The minimum Gasteiger partial charge on any atom is -0.368 e. The first-order valence-corrected chi connectivity index (χ1v) is 9.70. The molecule has 3 heterocycles. The predicted octanol–water partition coefficient (Wildman–Crippen LogP) is 2.74. The van der Waals surface area contributed by atoms with E-state index in [1.807, 2.05) is 4.90 Å². The molecule has 6 nitrogen and oxygen atoms in total. The van der Waals surface area contributed by atoms with Crippen molar-refractivity contribution in [2.75, 3.05) is 24.5 Å². The van der Waals surface area contributed by atoms with Crippen LogP contribution in [0.25, 0.3) is 0 Å². The predicted molar refractivity (Wildman–Crippen MR) is 101 cm³/mol. The van der Waals surface area contributed by atoms with Crippen LogP contribution in [-0.2, 0) is 11.2 Å². The highest BCUT2D eigenvalue weighted by Gasteiger charge is 2.27. The Morgan fingerprint density at radius 2 is 2.04 bits per heavy atom. The van der Waals surface area contributed by atoms with Crippen molar-refractivity contribution in [1.29, 1.82) is 0 Å². The minimum absolute atomic E-state index is 0.274. The number of amides is 1. The van der Waals surface area contributed by atoms with Gasteiger partial charge in [0.2, 0.25) is 5.91 Å². The Kier molecular flexibility index (Phi) is 4.91. The van der Waals surface area contributed by atoms with E-state index in [-0.39, 0.29) is 5.91 Å². The molecule has 4 rings (SSSR count). The van der Waals surface area contributed by atoms with Gasteiger partial charge in [0.25, 0.3) is 0 Å². The van der Waals surface area contributed by atoms with E-state index in [1.54, 1.807) is 6.33 Å². The number of piperidine rings is 1. The Morgan fingerprint density at radius 3 is 2.81 bits per heavy atom. The number of H-pyrrole nitrogens is 1. The summed E-state index contributed by atoms with van der Waals surface area (Å²) in [5, 5.41) is 6.90. The normalized spacial score (nSPS) is 20.9. The lowest BCUT2D eigenvalue weighted by atomic mass is 9.95. The van der Waals surface area contributed by atoms with E-state index in [1.165, 1.54) is 11.3 Å². The summed E-state index contributed by atoms with van der Waals surface area (Å²) in [6.07, 6.45) is 6.37. The lowest BCUT2D eigenvalue weighted by Gasteiger charge is -2.38. The van der Waals surface area contributed by atoms with E-state index < -0.39 is 0 Å². The fraction of sp³-hybridized carbons (Fsp3) is 0.550. The number of benzene rings is 1. The largest absolute Gasteiger partial charge is 0.368 e. The molecular weight excluding hydrogens is 326 g/mol. The quantitative estimate of drug-likeness (QED) is 0.918. The maximum atomic E-state index is 12.7. The van der Waals surface area contributed by atoms with Crippen LogP contribution in [0.5, 0.6) is 0 Å². The summed E-state index contributed by atoms with van der Waals surface area (Å²) in [5.41, 5.74) is 2.72. The molecule has 2 aromatic rings. The Hall–Kier alpha value is -2.37. The van der Waals surface area contributed by atoms with Crippen LogP contribution < -0.4 is 4.90 Å². The summed E-state index contributed by atoms with van der Waals surface area (Å²) in [5.74, 6) is 1.63. The van der Waals surface area contributed by atoms with E-state index in [0.717, 1.165) is 51.1 Å². The molecule has 1 aromatic heterocycles. The van der Waals surface area contributed by atoms with Gasteiger partial charge in [0.05, 0.1) is 0 Å². The van der Waals surface area contributed by atoms with Gasteiger partial charge in [-0.25, -0.2) is 4.98 Å². The third-order valence-electron chi connectivity index (χ3n) is 5.90. The summed E-state index contributed by atoms with van der Waals surface area (Å²) >= 11 is 0. The molecule has 1 atom stereocenters. The highest BCUT2D eigenvalue weighted by atomic mass is 16.2. The Morgan fingerprint density at radius 1 is 1.23 bits per heavy atom. The smallest absolute Gasteiger partial charge is 0.224 e. The van der Waals surface area contributed by atoms with Gasteiger partial charge in [-0.3, -0.25) is 9.89 Å². The molecule has 0 saturated carbocycles. The molecule has 2 aliphatic rings. The van der Waals surface area contributed by atoms with Crippen LogP contribution in [0, 0.1) is 0 Å². The number of carbonyl (C=O) groups is 1. The second-order valence-corrected chi connectivity index (χ2v) is 7.49. The summed E-state index contributed by atoms with van der Waals surface area (Å²) < 4.78 is 0. The monoisotopic (exact) mass is 353 g/mol. The summed E-state index contributed by atoms with van der Waals surface area (Å²) in [6, 6.07) is 9.11. The van der Waals surface area contributed by atoms with Crippen LogP contribution in [0.3, 0.4) is 0 Å². The molecular formula is C20H27N5O. The van der Waals surface area contributed by atoms with Crippen LogP contribution in [0.15, 0.2) is 30.6 Å². The van der Waals surface area contributed by atoms with Crippen LogP contribution >= 0.6 is 0 Å². The number of rotatable bonds is 4. The van der Waals surface area contributed by atoms with E-state index >= 15 is 0 Å². The Balaban J connectivity index is 1.32. The first-order valence-electron chi connectivity index (χ1n) is 9.70. The van der Waals surface area contributed by atoms with Crippen LogP contribution in [0.1, 0.15) is 49.9 Å². The lowest BCUT2D eigenvalue weighted by Crippen LogP contribution is -2.42. The summed E-state index contributed by atoms with van der Waals surface area (Å²) in [4.78, 5) is 21.4. The number of aromatic nitrogens is 3. The molecule has 0 spiro atoms. The molecule has 1 unspecified atom stereocenters. The Labute approximate surface area is 154 Å². The van der Waals surface area contributed by atoms with Gasteiger partial charge in [-0.2, -0.15) is 5.10 Å². The van der Waals surface area contributed by atoms with Gasteiger partial charge in [0.1, 0.15) is 12.2 Å². The van der Waals surface area contributed by atoms with Crippen molar-refractivity contribution in [3.63, 3.8) is 0 Å². The average molecular weight is 353 g/mol. The van der Waals surface area contributed by atoms with Crippen LogP contribution in [0.4, 0.5) is 5.69 Å². The van der Waals surface area contributed by atoms with Crippen molar-refractivity contribution >= 4 is 11.6 Å². The van der Waals surface area contributed by atoms with E-state index in [2.05, 4.69) is 51.3 Å². The van der Waals surface area contributed by atoms with E-state index in [0.29, 0.717) is 18.4 Å². The number of aromatic amines is 1. The third kappa shape index (κ3) is 3.45. The second kappa shape index (κ2) is 7.48. The lowest BCUT2D eigenvalue weighted by molar-refractivity contribution is -0.132. The fourth-order valence-electron chi connectivity index (χ4n) is 4.29. The fourth-order valence-corrected chi connectivity index (χ4v) is 4.29. The molecule has 6 heteroatoms. The van der Waals surface area contributed by atoms with Crippen molar-refractivity contribution in [1.82, 2.24) is 20.1 Å². The zero-order chi connectivity index (χ0) is 17.9. The molecule has 1 saturated heterocycles. The Bertz CT molecular complexity index is 736. The van der Waals surface area contributed by atoms with Crippen molar-refractivity contribution in [3.05, 3.63) is 42.0 Å². The number of anilines is 1. The van der Waals surface area contributed by atoms with Crippen LogP contribution in [0.2, 0.25) is 0 Å². The average Bonchev–Trinajstić information content (AvgIpc) is 3.22. The third-order valence-corrected chi connectivity index (χ3v) is 5.90. The number of likely N-dealkylation sites (tertiary alicyclic amines) is 1. The van der Waals surface area contributed by atoms with Crippen LogP contribution in [-0.4, -0.2) is 51.7 Å². The van der Waals surface area contributed by atoms with Gasteiger partial charge in [-0.15, -0.1) is 0 Å². The van der Waals surface area contributed by atoms with Gasteiger partial charge in [0, 0.05) is 43.7 Å². The first-order chi connectivity index (χ1) is 12.7. The molecule has 2 aliphatic heterocycles. The molecule has 1 amide bonds. The molecule has 0 radical (unpaired) electrons. The van der Waals surface area contributed by atoms with Crippen molar-refractivity contribution in [2.24, 2.45) is 0 Å². The zero-order valence-electron chi connectivity index (χ0n) is 15.4. The van der Waals surface area contributed by atoms with Crippen molar-refractivity contribution in [2.45, 2.75) is 51.0 Å².